The van der Waals surface area contributed by atoms with Crippen LogP contribution in [0.3, 0.4) is 0 Å². The van der Waals surface area contributed by atoms with Crippen LogP contribution in [0.5, 0.6) is 0 Å². The summed E-state index contributed by atoms with van der Waals surface area (Å²) in [5.41, 5.74) is 3.15. The lowest BCUT2D eigenvalue weighted by Crippen LogP contribution is -2.41. The summed E-state index contributed by atoms with van der Waals surface area (Å²) >= 11 is 1.53. The summed E-state index contributed by atoms with van der Waals surface area (Å²) in [6.45, 7) is 1.69. The minimum Gasteiger partial charge on any atom is -0.337 e. The van der Waals surface area contributed by atoms with Crippen molar-refractivity contribution >= 4 is 23.3 Å². The van der Waals surface area contributed by atoms with E-state index >= 15 is 0 Å². The van der Waals surface area contributed by atoms with Crippen LogP contribution in [-0.2, 0) is 29.7 Å². The van der Waals surface area contributed by atoms with Gasteiger partial charge in [-0.15, -0.1) is 0 Å². The van der Waals surface area contributed by atoms with Crippen LogP contribution in [0.2, 0.25) is 0 Å². The lowest BCUT2D eigenvalue weighted by molar-refractivity contribution is -0.131. The van der Waals surface area contributed by atoms with Gasteiger partial charge in [-0.1, -0.05) is 23.4 Å². The Balaban J connectivity index is 1.40. The monoisotopic (exact) mass is 394 g/mol. The predicted octanol–water partition coefficient (Wildman–Crippen LogP) is 3.25. The summed E-state index contributed by atoms with van der Waals surface area (Å²) < 4.78 is 5.25. The second-order valence-corrected chi connectivity index (χ2v) is 8.09. The summed E-state index contributed by atoms with van der Waals surface area (Å²) in [5.74, 6) is 0.360. The maximum atomic E-state index is 13.1. The van der Waals surface area contributed by atoms with Gasteiger partial charge in [-0.05, 0) is 54.3 Å². The van der Waals surface area contributed by atoms with Crippen LogP contribution in [0.25, 0.3) is 11.4 Å². The SMILES string of the molecule is C[C@]1(c2ccc3c(c2)CCC3)NC(=O)N(Cc2nc(-c3ccsc3)no2)C1=O. The minimum atomic E-state index is -1.09. The fourth-order valence-corrected chi connectivity index (χ4v) is 4.52. The molecule has 2 aliphatic rings. The Morgan fingerprint density at radius 1 is 1.25 bits per heavy atom. The number of hydrogen-bond acceptors (Lipinski definition) is 6. The Labute approximate surface area is 165 Å². The van der Waals surface area contributed by atoms with Gasteiger partial charge in [0.2, 0.25) is 11.7 Å². The quantitative estimate of drug-likeness (QED) is 0.686. The number of imide groups is 1. The van der Waals surface area contributed by atoms with E-state index in [-0.39, 0.29) is 18.3 Å². The molecule has 1 N–H and O–H groups in total. The minimum absolute atomic E-state index is 0.0532. The zero-order valence-electron chi connectivity index (χ0n) is 15.3. The van der Waals surface area contributed by atoms with Gasteiger partial charge in [-0.25, -0.2) is 4.79 Å². The maximum absolute atomic E-state index is 13.1. The molecule has 0 unspecified atom stereocenters. The van der Waals surface area contributed by atoms with Crippen LogP contribution in [0.4, 0.5) is 4.79 Å². The van der Waals surface area contributed by atoms with Gasteiger partial charge in [0.05, 0.1) is 0 Å². The lowest BCUT2D eigenvalue weighted by atomic mass is 9.90. The van der Waals surface area contributed by atoms with E-state index in [1.165, 1.54) is 22.5 Å². The molecule has 2 aromatic heterocycles. The molecule has 0 bridgehead atoms. The molecule has 1 aromatic carbocycles. The number of hydrogen-bond donors (Lipinski definition) is 1. The molecule has 28 heavy (non-hydrogen) atoms. The Morgan fingerprint density at radius 3 is 2.93 bits per heavy atom. The number of amides is 3. The molecule has 142 valence electrons. The number of thiophene rings is 1. The molecule has 0 radical (unpaired) electrons. The third kappa shape index (κ3) is 2.63. The second-order valence-electron chi connectivity index (χ2n) is 7.31. The molecule has 1 saturated heterocycles. The number of carbonyl (C=O) groups is 2. The smallest absolute Gasteiger partial charge is 0.325 e. The van der Waals surface area contributed by atoms with Crippen molar-refractivity contribution in [2.45, 2.75) is 38.3 Å². The highest BCUT2D eigenvalue weighted by Gasteiger charge is 2.49. The van der Waals surface area contributed by atoms with Gasteiger partial charge in [0.1, 0.15) is 12.1 Å². The zero-order chi connectivity index (χ0) is 19.3. The van der Waals surface area contributed by atoms with Gasteiger partial charge in [-0.2, -0.15) is 16.3 Å². The Bertz CT molecular complexity index is 1080. The number of benzene rings is 1. The fourth-order valence-electron chi connectivity index (χ4n) is 3.88. The third-order valence-corrected chi connectivity index (χ3v) is 6.17. The summed E-state index contributed by atoms with van der Waals surface area (Å²) in [6, 6.07) is 7.48. The van der Waals surface area contributed by atoms with Crippen LogP contribution < -0.4 is 5.32 Å². The van der Waals surface area contributed by atoms with Crippen molar-refractivity contribution in [2.75, 3.05) is 0 Å². The van der Waals surface area contributed by atoms with E-state index in [2.05, 4.69) is 21.5 Å². The summed E-state index contributed by atoms with van der Waals surface area (Å²) in [5, 5.41) is 10.6. The van der Waals surface area contributed by atoms with E-state index in [0.717, 1.165) is 35.3 Å². The molecule has 1 aliphatic heterocycles. The molecule has 1 fully saturated rings. The molecule has 5 rings (SSSR count). The number of nitrogens with zero attached hydrogens (tertiary/aromatic N) is 3. The first-order valence-electron chi connectivity index (χ1n) is 9.16. The molecule has 3 aromatic rings. The van der Waals surface area contributed by atoms with Crippen molar-refractivity contribution < 1.29 is 14.1 Å². The van der Waals surface area contributed by atoms with E-state index in [1.54, 1.807) is 6.92 Å². The number of nitrogens with one attached hydrogen (secondary N) is 1. The van der Waals surface area contributed by atoms with Gasteiger partial charge in [0.25, 0.3) is 5.91 Å². The lowest BCUT2D eigenvalue weighted by Gasteiger charge is -2.22. The van der Waals surface area contributed by atoms with Crippen molar-refractivity contribution in [2.24, 2.45) is 0 Å². The van der Waals surface area contributed by atoms with Gasteiger partial charge in [0, 0.05) is 10.9 Å². The average molecular weight is 394 g/mol. The summed E-state index contributed by atoms with van der Waals surface area (Å²) in [4.78, 5) is 31.1. The standard InChI is InChI=1S/C20H18N4O3S/c1-20(15-6-5-12-3-2-4-13(12)9-15)18(25)24(19(26)22-20)10-16-21-17(23-27-16)14-7-8-28-11-14/h5-9,11H,2-4,10H2,1H3,(H,22,26)/t20-/m1/s1. The molecule has 0 spiro atoms. The molecular formula is C20H18N4O3S. The van der Waals surface area contributed by atoms with Crippen LogP contribution in [-0.4, -0.2) is 27.0 Å². The predicted molar refractivity (Wildman–Crippen MR) is 103 cm³/mol. The number of fused-ring (bicyclic) bond motifs is 1. The highest BCUT2D eigenvalue weighted by atomic mass is 32.1. The average Bonchev–Trinajstić information content (AvgIpc) is 3.47. The van der Waals surface area contributed by atoms with Gasteiger partial charge in [-0.3, -0.25) is 9.69 Å². The number of rotatable bonds is 4. The van der Waals surface area contributed by atoms with Crippen LogP contribution >= 0.6 is 11.3 Å². The Kier molecular flexibility index (Phi) is 3.83. The van der Waals surface area contributed by atoms with Crippen LogP contribution in [0, 0.1) is 0 Å². The molecular weight excluding hydrogens is 376 g/mol. The number of carbonyl (C=O) groups excluding carboxylic acids is 2. The van der Waals surface area contributed by atoms with E-state index in [1.807, 2.05) is 29.0 Å². The van der Waals surface area contributed by atoms with Gasteiger partial charge >= 0.3 is 6.03 Å². The first-order valence-corrected chi connectivity index (χ1v) is 10.1. The van der Waals surface area contributed by atoms with Crippen LogP contribution in [0.15, 0.2) is 39.5 Å². The molecule has 8 heteroatoms. The normalized spacial score (nSPS) is 21.2. The first-order chi connectivity index (χ1) is 13.5. The number of aryl methyl sites for hydroxylation is 2. The highest BCUT2D eigenvalue weighted by Crippen LogP contribution is 2.33. The van der Waals surface area contributed by atoms with Crippen molar-refractivity contribution in [3.63, 3.8) is 0 Å². The van der Waals surface area contributed by atoms with Crippen molar-refractivity contribution in [3.8, 4) is 11.4 Å². The maximum Gasteiger partial charge on any atom is 0.325 e. The van der Waals surface area contributed by atoms with E-state index < -0.39 is 11.6 Å². The molecule has 3 heterocycles. The van der Waals surface area contributed by atoms with Crippen molar-refractivity contribution in [1.29, 1.82) is 0 Å². The molecule has 1 atom stereocenters. The Hall–Kier alpha value is -3.00. The largest absolute Gasteiger partial charge is 0.337 e. The topological polar surface area (TPSA) is 88.3 Å². The van der Waals surface area contributed by atoms with Gasteiger partial charge < -0.3 is 9.84 Å². The molecule has 3 amide bonds. The molecule has 7 nitrogen and oxygen atoms in total. The third-order valence-electron chi connectivity index (χ3n) is 5.49. The number of urea groups is 1. The molecule has 0 saturated carbocycles. The zero-order valence-corrected chi connectivity index (χ0v) is 16.1. The van der Waals surface area contributed by atoms with E-state index in [4.69, 9.17) is 4.52 Å². The van der Waals surface area contributed by atoms with Crippen molar-refractivity contribution in [3.05, 3.63) is 57.6 Å². The summed E-state index contributed by atoms with van der Waals surface area (Å²) in [7, 11) is 0. The Morgan fingerprint density at radius 2 is 2.11 bits per heavy atom. The number of aromatic nitrogens is 2. The van der Waals surface area contributed by atoms with Crippen molar-refractivity contribution in [1.82, 2.24) is 20.4 Å². The van der Waals surface area contributed by atoms with E-state index in [0.29, 0.717) is 5.82 Å². The van der Waals surface area contributed by atoms with Crippen LogP contribution in [0.1, 0.15) is 35.9 Å². The van der Waals surface area contributed by atoms with Gasteiger partial charge in [0.15, 0.2) is 0 Å². The second kappa shape index (κ2) is 6.27. The fraction of sp³-hybridized carbons (Fsp3) is 0.300. The molecule has 1 aliphatic carbocycles. The summed E-state index contributed by atoms with van der Waals surface area (Å²) in [6.07, 6.45) is 3.21. The van der Waals surface area contributed by atoms with E-state index in [9.17, 15) is 9.59 Å². The highest BCUT2D eigenvalue weighted by molar-refractivity contribution is 7.08. The first kappa shape index (κ1) is 17.1.